The minimum atomic E-state index is 0.508. The first kappa shape index (κ1) is 6.43. The largest absolute Gasteiger partial charge is 0.399 e. The lowest BCUT2D eigenvalue weighted by Crippen LogP contribution is -1.87. The van der Waals surface area contributed by atoms with Crippen molar-refractivity contribution in [3.05, 3.63) is 0 Å². The second-order valence-electron chi connectivity index (χ2n) is 0.926. The van der Waals surface area contributed by atoms with Gasteiger partial charge < -0.3 is 9.57 Å². The average molecular weight is 103 g/mol. The first-order chi connectivity index (χ1) is 3.41. The summed E-state index contributed by atoms with van der Waals surface area (Å²) in [6.45, 7) is 0.508. The van der Waals surface area contributed by atoms with E-state index < -0.39 is 0 Å². The van der Waals surface area contributed by atoms with E-state index in [1.165, 1.54) is 7.11 Å². The minimum Gasteiger partial charge on any atom is -0.399 e. The predicted octanol–water partition coefficient (Wildman–Crippen LogP) is 0.265. The van der Waals surface area contributed by atoms with Gasteiger partial charge in [-0.2, -0.15) is 0 Å². The van der Waals surface area contributed by atoms with Gasteiger partial charge in [-0.3, -0.25) is 0 Å². The van der Waals surface area contributed by atoms with E-state index >= 15 is 0 Å². The lowest BCUT2D eigenvalue weighted by molar-refractivity contribution is 0.204. The van der Waals surface area contributed by atoms with E-state index in [1.54, 1.807) is 13.3 Å². The second-order valence-corrected chi connectivity index (χ2v) is 0.926. The summed E-state index contributed by atoms with van der Waals surface area (Å²) in [7, 11) is 3.09. The first-order valence-electron chi connectivity index (χ1n) is 1.95. The lowest BCUT2D eigenvalue weighted by atomic mass is 10.8. The van der Waals surface area contributed by atoms with Gasteiger partial charge >= 0.3 is 0 Å². The van der Waals surface area contributed by atoms with Crippen molar-refractivity contribution >= 4 is 6.21 Å². The highest BCUT2D eigenvalue weighted by atomic mass is 16.6. The van der Waals surface area contributed by atoms with Crippen molar-refractivity contribution in [2.24, 2.45) is 5.16 Å². The summed E-state index contributed by atoms with van der Waals surface area (Å²) in [6, 6.07) is 0. The van der Waals surface area contributed by atoms with Gasteiger partial charge in [0.05, 0.1) is 12.8 Å². The van der Waals surface area contributed by atoms with Crippen LogP contribution < -0.4 is 0 Å². The Morgan fingerprint density at radius 1 is 1.57 bits per heavy atom. The molecule has 0 N–H and O–H groups in total. The first-order valence-corrected chi connectivity index (χ1v) is 1.95. The summed E-state index contributed by atoms with van der Waals surface area (Å²) in [4.78, 5) is 4.33. The van der Waals surface area contributed by atoms with Crippen LogP contribution in [0.1, 0.15) is 0 Å². The van der Waals surface area contributed by atoms with E-state index in [9.17, 15) is 0 Å². The molecule has 0 aromatic heterocycles. The molecule has 3 nitrogen and oxygen atoms in total. The normalized spacial score (nSPS) is 10.0. The van der Waals surface area contributed by atoms with E-state index in [0.717, 1.165) is 0 Å². The molecule has 0 aromatic carbocycles. The van der Waals surface area contributed by atoms with E-state index in [0.29, 0.717) is 6.61 Å². The van der Waals surface area contributed by atoms with Gasteiger partial charge in [0, 0.05) is 7.11 Å². The highest BCUT2D eigenvalue weighted by molar-refractivity contribution is 5.57. The third-order valence-corrected chi connectivity index (χ3v) is 0.421. The zero-order chi connectivity index (χ0) is 5.54. The summed E-state index contributed by atoms with van der Waals surface area (Å²) >= 11 is 0. The molecule has 0 aliphatic carbocycles. The molecule has 7 heavy (non-hydrogen) atoms. The lowest BCUT2D eigenvalue weighted by Gasteiger charge is -1.84. The monoisotopic (exact) mass is 103 g/mol. The minimum absolute atomic E-state index is 0.508. The topological polar surface area (TPSA) is 30.8 Å². The quantitative estimate of drug-likeness (QED) is 0.379. The number of nitrogens with zero attached hydrogens (tertiary/aromatic N) is 1. The molecule has 0 spiro atoms. The Morgan fingerprint density at radius 2 is 2.29 bits per heavy atom. The molecule has 0 atom stereocenters. The molecule has 0 saturated heterocycles. The van der Waals surface area contributed by atoms with Gasteiger partial charge in [-0.15, -0.1) is 0 Å². The van der Waals surface area contributed by atoms with Crippen molar-refractivity contribution in [2.75, 3.05) is 20.8 Å². The summed E-state index contributed by atoms with van der Waals surface area (Å²) in [6.07, 6.45) is 1.54. The molecule has 0 bridgehead atoms. The van der Waals surface area contributed by atoms with Crippen LogP contribution in [0.3, 0.4) is 0 Å². The third kappa shape index (κ3) is 5.43. The molecule has 0 aliphatic rings. The SMILES string of the molecule is COC/C=N/OC. The molecule has 0 aliphatic heterocycles. The molecule has 3 heteroatoms. The summed E-state index contributed by atoms with van der Waals surface area (Å²) in [5.41, 5.74) is 0. The maximum absolute atomic E-state index is 4.61. The fourth-order valence-electron chi connectivity index (χ4n) is 0.180. The second kappa shape index (κ2) is 5.43. The molecule has 42 valence electrons. The Bertz CT molecular complexity index is 53.7. The van der Waals surface area contributed by atoms with Gasteiger partial charge in [-0.1, -0.05) is 5.16 Å². The summed E-state index contributed by atoms with van der Waals surface area (Å²) in [5.74, 6) is 0. The predicted molar refractivity (Wildman–Crippen MR) is 27.4 cm³/mol. The van der Waals surface area contributed by atoms with Crippen LogP contribution in [-0.2, 0) is 9.57 Å². The molecule has 0 amide bonds. The highest BCUT2D eigenvalue weighted by Gasteiger charge is 1.67. The van der Waals surface area contributed by atoms with Crippen LogP contribution in [0.25, 0.3) is 0 Å². The Labute approximate surface area is 42.9 Å². The van der Waals surface area contributed by atoms with Crippen molar-refractivity contribution in [1.82, 2.24) is 0 Å². The number of ether oxygens (including phenoxy) is 1. The van der Waals surface area contributed by atoms with Gasteiger partial charge in [0.1, 0.15) is 7.11 Å². The molecular formula is C4H9NO2. The molecule has 0 fully saturated rings. The van der Waals surface area contributed by atoms with E-state index in [4.69, 9.17) is 0 Å². The van der Waals surface area contributed by atoms with Gasteiger partial charge in [0.2, 0.25) is 0 Å². The van der Waals surface area contributed by atoms with Gasteiger partial charge in [0.25, 0.3) is 0 Å². The maximum Gasteiger partial charge on any atom is 0.106 e. The van der Waals surface area contributed by atoms with Crippen LogP contribution >= 0.6 is 0 Å². The van der Waals surface area contributed by atoms with Crippen LogP contribution in [0.4, 0.5) is 0 Å². The van der Waals surface area contributed by atoms with Crippen LogP contribution in [0, 0.1) is 0 Å². The molecule has 0 rings (SSSR count). The van der Waals surface area contributed by atoms with Gasteiger partial charge in [0.15, 0.2) is 0 Å². The molecule has 0 radical (unpaired) electrons. The van der Waals surface area contributed by atoms with Crippen molar-refractivity contribution in [3.63, 3.8) is 0 Å². The maximum atomic E-state index is 4.61. The standard InChI is InChI=1S/C4H9NO2/c1-6-4-3-5-7-2/h3H,4H2,1-2H3/b5-3+. The Hall–Kier alpha value is -0.570. The van der Waals surface area contributed by atoms with Gasteiger partial charge in [-0.25, -0.2) is 0 Å². The molecule has 0 aromatic rings. The highest BCUT2D eigenvalue weighted by Crippen LogP contribution is 1.63. The number of rotatable bonds is 3. The Kier molecular flexibility index (Phi) is 4.99. The smallest absolute Gasteiger partial charge is 0.106 e. The summed E-state index contributed by atoms with van der Waals surface area (Å²) in [5, 5.41) is 3.41. The fourth-order valence-corrected chi connectivity index (χ4v) is 0.180. The molecule has 0 heterocycles. The van der Waals surface area contributed by atoms with Crippen LogP contribution in [0.5, 0.6) is 0 Å². The van der Waals surface area contributed by atoms with E-state index in [1.807, 2.05) is 0 Å². The van der Waals surface area contributed by atoms with E-state index in [-0.39, 0.29) is 0 Å². The van der Waals surface area contributed by atoms with Gasteiger partial charge in [-0.05, 0) is 0 Å². The van der Waals surface area contributed by atoms with E-state index in [2.05, 4.69) is 14.7 Å². The van der Waals surface area contributed by atoms with Crippen molar-refractivity contribution in [2.45, 2.75) is 0 Å². The molecule has 0 saturated carbocycles. The Morgan fingerprint density at radius 3 is 2.71 bits per heavy atom. The van der Waals surface area contributed by atoms with Crippen molar-refractivity contribution in [3.8, 4) is 0 Å². The molecular weight excluding hydrogens is 94.0 g/mol. The molecule has 0 unspecified atom stereocenters. The van der Waals surface area contributed by atoms with Crippen LogP contribution in [-0.4, -0.2) is 27.0 Å². The number of methoxy groups -OCH3 is 1. The third-order valence-electron chi connectivity index (χ3n) is 0.421. The average Bonchev–Trinajstić information content (AvgIpc) is 1.69. The summed E-state index contributed by atoms with van der Waals surface area (Å²) < 4.78 is 4.61. The number of oxime groups is 1. The number of hydrogen-bond donors (Lipinski definition) is 0. The van der Waals surface area contributed by atoms with Crippen LogP contribution in [0.2, 0.25) is 0 Å². The number of hydrogen-bond acceptors (Lipinski definition) is 3. The zero-order valence-corrected chi connectivity index (χ0v) is 4.55. The zero-order valence-electron chi connectivity index (χ0n) is 4.55. The Balaban J connectivity index is 2.78. The van der Waals surface area contributed by atoms with Crippen molar-refractivity contribution < 1.29 is 9.57 Å². The van der Waals surface area contributed by atoms with Crippen LogP contribution in [0.15, 0.2) is 5.16 Å². The van der Waals surface area contributed by atoms with Crippen molar-refractivity contribution in [1.29, 1.82) is 0 Å². The fraction of sp³-hybridized carbons (Fsp3) is 0.750.